The summed E-state index contributed by atoms with van der Waals surface area (Å²) in [6.07, 6.45) is 0. The molecule has 47 heavy (non-hydrogen) atoms. The van der Waals surface area contributed by atoms with Gasteiger partial charge in [0.2, 0.25) is 13.6 Å². The van der Waals surface area contributed by atoms with Crippen molar-refractivity contribution in [3.05, 3.63) is 160 Å². The van der Waals surface area contributed by atoms with E-state index in [0.29, 0.717) is 0 Å². The number of benzene rings is 6. The summed E-state index contributed by atoms with van der Waals surface area (Å²) in [5.74, 6) is 3.04. The van der Waals surface area contributed by atoms with E-state index in [2.05, 4.69) is 146 Å². The number of hydrogen-bond acceptors (Lipinski definition) is 4. The first-order valence-electron chi connectivity index (χ1n) is 14.7. The van der Waals surface area contributed by atoms with Gasteiger partial charge in [0.15, 0.2) is 23.0 Å². The van der Waals surface area contributed by atoms with Gasteiger partial charge in [-0.15, -0.1) is 0 Å². The Morgan fingerprint density at radius 1 is 0.362 bits per heavy atom. The fourth-order valence-corrected chi connectivity index (χ4v) is 11.7. The molecule has 0 unspecified atom stereocenters. The molecule has 0 fully saturated rings. The number of hydrogen-bond donors (Lipinski definition) is 0. The Morgan fingerprint density at radius 2 is 0.660 bits per heavy atom. The van der Waals surface area contributed by atoms with Crippen LogP contribution < -0.4 is 50.8 Å². The van der Waals surface area contributed by atoms with Gasteiger partial charge in [-0.1, -0.05) is 72.8 Å². The third kappa shape index (κ3) is 6.46. The van der Waals surface area contributed by atoms with E-state index in [1.807, 2.05) is 0 Å². The van der Waals surface area contributed by atoms with Gasteiger partial charge >= 0.3 is 19.5 Å². The molecule has 2 aliphatic heterocycles. The molecule has 2 aliphatic rings. The van der Waals surface area contributed by atoms with Gasteiger partial charge in [-0.25, -0.2) is 0 Å². The van der Waals surface area contributed by atoms with Crippen LogP contribution >= 0.6 is 15.8 Å². The van der Waals surface area contributed by atoms with E-state index in [0.717, 1.165) is 34.1 Å². The Kier molecular flexibility index (Phi) is 11.2. The van der Waals surface area contributed by atoms with E-state index in [9.17, 15) is 0 Å². The van der Waals surface area contributed by atoms with Crippen LogP contribution in [0.1, 0.15) is 0 Å². The Balaban J connectivity index is 0.00000144. The Bertz CT molecular complexity index is 1700. The number of fused-ring (bicyclic) bond motifs is 2. The zero-order chi connectivity index (χ0) is 29.3. The minimum Gasteiger partial charge on any atom is -0.454 e. The SMILES string of the molecule is [CH3-].[CH3-].[Rh+3].c1ccc([PH+](c2ccccc2)c2ccc3c(c2-c2c([PH+](c4ccccc4)c4ccccc4)ccc4c2OCO4)OCO3)cc1. The van der Waals surface area contributed by atoms with Gasteiger partial charge in [0.25, 0.3) is 0 Å². The van der Waals surface area contributed by atoms with E-state index >= 15 is 0 Å². The second-order valence-corrected chi connectivity index (χ2v) is 15.5. The van der Waals surface area contributed by atoms with Gasteiger partial charge in [-0.05, 0) is 72.8 Å². The Labute approximate surface area is 293 Å². The van der Waals surface area contributed by atoms with Gasteiger partial charge in [0.1, 0.15) is 31.8 Å². The summed E-state index contributed by atoms with van der Waals surface area (Å²) in [7, 11) is -2.96. The standard InChI is InChI=1S/C38H28O4P2.2CH3.Rh/c1-5-13-27(14-6-1)43(28-15-7-2-8-16-28)33-23-21-31-37(41-25-39-31)35(33)36-34(24-22-32-38(36)42-26-40-32)44(29-17-9-3-10-18-29)30-19-11-4-12-20-30;;;/h1-24H,25-26H2;2*1H3;/q;2*-1;+3/p+2. The smallest absolute Gasteiger partial charge is 0.454 e. The van der Waals surface area contributed by atoms with Gasteiger partial charge < -0.3 is 33.8 Å². The summed E-state index contributed by atoms with van der Waals surface area (Å²) < 4.78 is 24.8. The van der Waals surface area contributed by atoms with E-state index in [-0.39, 0.29) is 47.9 Å². The van der Waals surface area contributed by atoms with Crippen molar-refractivity contribution in [2.24, 2.45) is 0 Å². The van der Waals surface area contributed by atoms with Crippen LogP contribution in [-0.4, -0.2) is 13.6 Å². The summed E-state index contributed by atoms with van der Waals surface area (Å²) in [6, 6.07) is 51.9. The van der Waals surface area contributed by atoms with Crippen LogP contribution in [0.2, 0.25) is 0 Å². The first-order valence-corrected chi connectivity index (χ1v) is 17.7. The molecule has 7 heteroatoms. The Hall–Kier alpha value is -4.00. The Morgan fingerprint density at radius 3 is 0.957 bits per heavy atom. The fraction of sp³-hybridized carbons (Fsp3) is 0.0500. The summed E-state index contributed by atoms with van der Waals surface area (Å²) in [4.78, 5) is 0. The molecule has 6 aromatic carbocycles. The van der Waals surface area contributed by atoms with Crippen molar-refractivity contribution in [3.63, 3.8) is 0 Å². The molecule has 4 nitrogen and oxygen atoms in total. The monoisotopic (exact) mass is 745 g/mol. The van der Waals surface area contributed by atoms with Crippen molar-refractivity contribution < 1.29 is 38.4 Å². The molecule has 0 atom stereocenters. The van der Waals surface area contributed by atoms with Crippen molar-refractivity contribution in [3.8, 4) is 34.1 Å². The van der Waals surface area contributed by atoms with Gasteiger partial charge in [-0.3, -0.25) is 0 Å². The zero-order valence-electron chi connectivity index (χ0n) is 26.2. The van der Waals surface area contributed by atoms with Crippen LogP contribution in [0, 0.1) is 14.9 Å². The minimum atomic E-state index is -1.48. The minimum absolute atomic E-state index is 0. The number of ether oxygens (including phenoxy) is 4. The first-order chi connectivity index (χ1) is 21.9. The molecule has 8 rings (SSSR count). The topological polar surface area (TPSA) is 36.9 Å². The van der Waals surface area contributed by atoms with Crippen molar-refractivity contribution in [1.82, 2.24) is 0 Å². The second-order valence-electron chi connectivity index (χ2n) is 10.7. The third-order valence-corrected chi connectivity index (χ3v) is 13.7. The van der Waals surface area contributed by atoms with Crippen molar-refractivity contribution in [1.29, 1.82) is 0 Å². The molecule has 2 heterocycles. The van der Waals surface area contributed by atoms with Crippen LogP contribution in [0.5, 0.6) is 23.0 Å². The van der Waals surface area contributed by atoms with Crippen LogP contribution in [0.3, 0.4) is 0 Å². The fourth-order valence-electron chi connectivity index (χ4n) is 6.23. The van der Waals surface area contributed by atoms with E-state index < -0.39 is 15.8 Å². The van der Waals surface area contributed by atoms with Crippen molar-refractivity contribution >= 4 is 47.7 Å². The van der Waals surface area contributed by atoms with E-state index in [4.69, 9.17) is 18.9 Å². The first kappa shape index (κ1) is 34.3. The van der Waals surface area contributed by atoms with Gasteiger partial charge in [0, 0.05) is 0 Å². The quantitative estimate of drug-likeness (QED) is 0.104. The third-order valence-electron chi connectivity index (χ3n) is 8.12. The predicted octanol–water partition coefficient (Wildman–Crippen LogP) is 6.69. The summed E-state index contributed by atoms with van der Waals surface area (Å²) in [5, 5.41) is 7.64. The molecule has 0 bridgehead atoms. The predicted molar refractivity (Wildman–Crippen MR) is 197 cm³/mol. The maximum absolute atomic E-state index is 6.36. The maximum Gasteiger partial charge on any atom is 3.00 e. The van der Waals surface area contributed by atoms with E-state index in [1.165, 1.54) is 31.8 Å². The summed E-state index contributed by atoms with van der Waals surface area (Å²) in [6.45, 7) is 0.364. The molecular weight excluding hydrogens is 709 g/mol. The molecule has 0 saturated heterocycles. The molecule has 0 aromatic heterocycles. The summed E-state index contributed by atoms with van der Waals surface area (Å²) in [5.41, 5.74) is 2.07. The maximum atomic E-state index is 6.36. The largest absolute Gasteiger partial charge is 3.00 e. The normalized spacial score (nSPS) is 12.2. The molecule has 0 spiro atoms. The number of rotatable bonds is 7. The van der Waals surface area contributed by atoms with Crippen LogP contribution in [-0.2, 0) is 19.5 Å². The molecule has 236 valence electrons. The van der Waals surface area contributed by atoms with Crippen LogP contribution in [0.25, 0.3) is 11.1 Å². The van der Waals surface area contributed by atoms with E-state index in [1.54, 1.807) is 0 Å². The van der Waals surface area contributed by atoms with Gasteiger partial charge in [0.05, 0.1) is 27.0 Å². The van der Waals surface area contributed by atoms with Crippen LogP contribution in [0.15, 0.2) is 146 Å². The average Bonchev–Trinajstić information content (AvgIpc) is 3.77. The second kappa shape index (κ2) is 15.3. The van der Waals surface area contributed by atoms with Crippen LogP contribution in [0.4, 0.5) is 0 Å². The molecule has 0 aliphatic carbocycles. The molecule has 0 saturated carbocycles. The molecule has 0 N–H and O–H groups in total. The van der Waals surface area contributed by atoms with Gasteiger partial charge in [-0.2, -0.15) is 0 Å². The zero-order valence-corrected chi connectivity index (χ0v) is 29.9. The van der Waals surface area contributed by atoms with Crippen molar-refractivity contribution in [2.45, 2.75) is 0 Å². The summed E-state index contributed by atoms with van der Waals surface area (Å²) >= 11 is 0. The molecule has 0 radical (unpaired) electrons. The molecule has 6 aromatic rings. The molecular formula is C40H36O4P2Rh+3. The molecule has 0 amide bonds. The average molecular weight is 746 g/mol. The van der Waals surface area contributed by atoms with Crippen molar-refractivity contribution in [2.75, 3.05) is 13.6 Å².